The maximum Gasteiger partial charge on any atom is 0.276 e. The normalized spacial score (nSPS) is 14.5. The lowest BCUT2D eigenvalue weighted by Crippen LogP contribution is -2.30. The van der Waals surface area contributed by atoms with Gasteiger partial charge in [-0.15, -0.1) is 0 Å². The minimum absolute atomic E-state index is 0.0815. The molecule has 0 saturated heterocycles. The second-order valence-electron chi connectivity index (χ2n) is 7.93. The lowest BCUT2D eigenvalue weighted by Gasteiger charge is -2.25. The average molecular weight is 400 g/mol. The van der Waals surface area contributed by atoms with Gasteiger partial charge >= 0.3 is 0 Å². The first kappa shape index (κ1) is 18.6. The Kier molecular flexibility index (Phi) is 4.62. The third kappa shape index (κ3) is 3.09. The fraction of sp³-hybridized carbons (Fsp3) is 0.292. The zero-order valence-electron chi connectivity index (χ0n) is 17.2. The van der Waals surface area contributed by atoms with Crippen molar-refractivity contribution in [2.75, 3.05) is 7.05 Å². The van der Waals surface area contributed by atoms with Gasteiger partial charge in [-0.3, -0.25) is 9.36 Å². The van der Waals surface area contributed by atoms with Gasteiger partial charge in [0.1, 0.15) is 12.1 Å². The molecule has 2 aromatic carbocycles. The largest absolute Gasteiger partial charge is 0.360 e. The highest BCUT2D eigenvalue weighted by atomic mass is 16.5. The minimum atomic E-state index is -0.0842. The van der Waals surface area contributed by atoms with E-state index in [9.17, 15) is 4.79 Å². The molecule has 6 heteroatoms. The molecule has 2 aromatic heterocycles. The standard InChI is InChI=1S/C24H24N4O2/c1-16(27(2)24(29)23-19-7-3-6-10-22(19)30-26-23)17-11-13-18(14-12-17)28-15-25-20-8-4-5-9-21(20)28/h4-5,8-9,11-16H,3,6-7,10H2,1-2H3. The summed E-state index contributed by atoms with van der Waals surface area (Å²) in [6, 6.07) is 16.3. The average Bonchev–Trinajstić information content (AvgIpc) is 3.42. The van der Waals surface area contributed by atoms with Gasteiger partial charge in [0.2, 0.25) is 0 Å². The summed E-state index contributed by atoms with van der Waals surface area (Å²) in [5.41, 5.74) is 5.61. The molecule has 0 spiro atoms. The highest BCUT2D eigenvalue weighted by molar-refractivity contribution is 5.94. The molecule has 1 aliphatic rings. The summed E-state index contributed by atoms with van der Waals surface area (Å²) >= 11 is 0. The van der Waals surface area contributed by atoms with Crippen molar-refractivity contribution < 1.29 is 9.32 Å². The number of nitrogens with zero attached hydrogens (tertiary/aromatic N) is 4. The molecular formula is C24H24N4O2. The highest BCUT2D eigenvalue weighted by Gasteiger charge is 2.28. The molecular weight excluding hydrogens is 376 g/mol. The Balaban J connectivity index is 1.37. The number of hydrogen-bond donors (Lipinski definition) is 0. The van der Waals surface area contributed by atoms with Crippen molar-refractivity contribution in [1.82, 2.24) is 19.6 Å². The molecule has 0 radical (unpaired) electrons. The summed E-state index contributed by atoms with van der Waals surface area (Å²) in [5, 5.41) is 4.10. The molecule has 30 heavy (non-hydrogen) atoms. The van der Waals surface area contributed by atoms with Gasteiger partial charge in [0.25, 0.3) is 5.91 Å². The van der Waals surface area contributed by atoms with E-state index >= 15 is 0 Å². The Morgan fingerprint density at radius 2 is 1.87 bits per heavy atom. The topological polar surface area (TPSA) is 64.2 Å². The lowest BCUT2D eigenvalue weighted by molar-refractivity contribution is 0.0731. The number of aromatic nitrogens is 3. The predicted molar refractivity (Wildman–Crippen MR) is 115 cm³/mol. The monoisotopic (exact) mass is 400 g/mol. The van der Waals surface area contributed by atoms with E-state index in [1.54, 1.807) is 4.90 Å². The molecule has 6 nitrogen and oxygen atoms in total. The first-order chi connectivity index (χ1) is 14.6. The van der Waals surface area contributed by atoms with Crippen molar-refractivity contribution in [3.63, 3.8) is 0 Å². The van der Waals surface area contributed by atoms with Crippen molar-refractivity contribution in [3.8, 4) is 5.69 Å². The Morgan fingerprint density at radius 1 is 1.10 bits per heavy atom. The number of benzene rings is 2. The van der Waals surface area contributed by atoms with Crippen molar-refractivity contribution in [1.29, 1.82) is 0 Å². The highest BCUT2D eigenvalue weighted by Crippen LogP contribution is 2.28. The van der Waals surface area contributed by atoms with Gasteiger partial charge in [0.05, 0.1) is 17.1 Å². The number of rotatable bonds is 4. The van der Waals surface area contributed by atoms with Crippen LogP contribution in [-0.2, 0) is 12.8 Å². The van der Waals surface area contributed by atoms with Gasteiger partial charge in [0, 0.05) is 24.7 Å². The molecule has 0 bridgehead atoms. The van der Waals surface area contributed by atoms with E-state index < -0.39 is 0 Å². The number of imidazole rings is 1. The van der Waals surface area contributed by atoms with E-state index in [0.717, 1.165) is 59.3 Å². The van der Waals surface area contributed by atoms with Crippen LogP contribution >= 0.6 is 0 Å². The minimum Gasteiger partial charge on any atom is -0.360 e. The van der Waals surface area contributed by atoms with Crippen molar-refractivity contribution in [2.45, 2.75) is 38.6 Å². The molecule has 4 aromatic rings. The van der Waals surface area contributed by atoms with Crippen LogP contribution in [-0.4, -0.2) is 32.6 Å². The van der Waals surface area contributed by atoms with Crippen LogP contribution in [0.1, 0.15) is 53.2 Å². The number of carbonyl (C=O) groups is 1. The fourth-order valence-electron chi connectivity index (χ4n) is 4.20. The quantitative estimate of drug-likeness (QED) is 0.497. The molecule has 152 valence electrons. The summed E-state index contributed by atoms with van der Waals surface area (Å²) < 4.78 is 7.50. The number of fused-ring (bicyclic) bond motifs is 2. The lowest BCUT2D eigenvalue weighted by atomic mass is 9.96. The van der Waals surface area contributed by atoms with E-state index in [4.69, 9.17) is 4.52 Å². The van der Waals surface area contributed by atoms with E-state index in [2.05, 4.69) is 45.0 Å². The molecule has 0 saturated carbocycles. The van der Waals surface area contributed by atoms with Crippen LogP contribution in [0, 0.1) is 0 Å². The van der Waals surface area contributed by atoms with Gasteiger partial charge in [0.15, 0.2) is 5.69 Å². The molecule has 1 unspecified atom stereocenters. The van der Waals surface area contributed by atoms with Crippen LogP contribution in [0.25, 0.3) is 16.7 Å². The van der Waals surface area contributed by atoms with Crippen molar-refractivity contribution >= 4 is 16.9 Å². The Hall–Kier alpha value is -3.41. The van der Waals surface area contributed by atoms with Crippen molar-refractivity contribution in [3.05, 3.63) is 77.4 Å². The molecule has 2 heterocycles. The first-order valence-corrected chi connectivity index (χ1v) is 10.4. The number of carbonyl (C=O) groups excluding carboxylic acids is 1. The number of para-hydroxylation sites is 2. The molecule has 1 atom stereocenters. The van der Waals surface area contributed by atoms with Crippen LogP contribution in [0.5, 0.6) is 0 Å². The smallest absolute Gasteiger partial charge is 0.276 e. The van der Waals surface area contributed by atoms with Crippen LogP contribution < -0.4 is 0 Å². The van der Waals surface area contributed by atoms with Crippen LogP contribution in [0.2, 0.25) is 0 Å². The number of hydrogen-bond acceptors (Lipinski definition) is 4. The molecule has 0 fully saturated rings. The summed E-state index contributed by atoms with van der Waals surface area (Å²) in [6.45, 7) is 2.03. The first-order valence-electron chi connectivity index (χ1n) is 10.4. The van der Waals surface area contributed by atoms with E-state index in [1.807, 2.05) is 38.5 Å². The molecule has 0 aliphatic heterocycles. The summed E-state index contributed by atoms with van der Waals surface area (Å²) in [6.07, 6.45) is 5.76. The van der Waals surface area contributed by atoms with Gasteiger partial charge in [-0.25, -0.2) is 4.98 Å². The SMILES string of the molecule is CC(c1ccc(-n2cnc3ccccc32)cc1)N(C)C(=O)c1noc2c1CCCC2. The van der Waals surface area contributed by atoms with E-state index in [-0.39, 0.29) is 11.9 Å². The maximum atomic E-state index is 13.1. The van der Waals surface area contributed by atoms with Gasteiger partial charge in [-0.1, -0.05) is 29.4 Å². The third-order valence-corrected chi connectivity index (χ3v) is 6.16. The molecule has 0 N–H and O–H groups in total. The summed E-state index contributed by atoms with van der Waals surface area (Å²) in [4.78, 5) is 19.3. The van der Waals surface area contributed by atoms with Crippen LogP contribution in [0.3, 0.4) is 0 Å². The molecule has 1 aliphatic carbocycles. The van der Waals surface area contributed by atoms with Crippen LogP contribution in [0.15, 0.2) is 59.4 Å². The van der Waals surface area contributed by atoms with Crippen LogP contribution in [0.4, 0.5) is 0 Å². The van der Waals surface area contributed by atoms with Gasteiger partial charge in [-0.2, -0.15) is 0 Å². The second kappa shape index (κ2) is 7.44. The number of aryl methyl sites for hydroxylation is 1. The zero-order chi connectivity index (χ0) is 20.7. The maximum absolute atomic E-state index is 13.1. The zero-order valence-corrected chi connectivity index (χ0v) is 17.2. The van der Waals surface area contributed by atoms with Gasteiger partial charge < -0.3 is 9.42 Å². The van der Waals surface area contributed by atoms with Crippen molar-refractivity contribution in [2.24, 2.45) is 0 Å². The number of amides is 1. The summed E-state index contributed by atoms with van der Waals surface area (Å²) in [5.74, 6) is 0.793. The third-order valence-electron chi connectivity index (χ3n) is 6.16. The molecule has 5 rings (SSSR count). The van der Waals surface area contributed by atoms with E-state index in [0.29, 0.717) is 5.69 Å². The fourth-order valence-corrected chi connectivity index (χ4v) is 4.20. The van der Waals surface area contributed by atoms with E-state index in [1.165, 1.54) is 0 Å². The van der Waals surface area contributed by atoms with Gasteiger partial charge in [-0.05, 0) is 56.0 Å². The second-order valence-corrected chi connectivity index (χ2v) is 7.93. The summed E-state index contributed by atoms with van der Waals surface area (Å²) in [7, 11) is 1.83. The molecule has 1 amide bonds. The Bertz CT molecular complexity index is 1210. The predicted octanol–water partition coefficient (Wildman–Crippen LogP) is 4.73. The Labute approximate surface area is 175 Å². The Morgan fingerprint density at radius 3 is 2.70 bits per heavy atom.